The molecule has 0 radical (unpaired) electrons. The van der Waals surface area contributed by atoms with Crippen LogP contribution in [0.25, 0.3) is 0 Å². The van der Waals surface area contributed by atoms with E-state index in [1.165, 1.54) is 0 Å². The second kappa shape index (κ2) is 3.24. The molecular formula is C8H13F3O. The number of hydrogen-bond donors (Lipinski definition) is 0. The summed E-state index contributed by atoms with van der Waals surface area (Å²) >= 11 is 0. The highest BCUT2D eigenvalue weighted by molar-refractivity contribution is 4.82. The van der Waals surface area contributed by atoms with Gasteiger partial charge in [-0.2, -0.15) is 0 Å². The van der Waals surface area contributed by atoms with Gasteiger partial charge in [-0.15, -0.1) is 13.2 Å². The Morgan fingerprint density at radius 1 is 1.25 bits per heavy atom. The Bertz CT molecular complexity index is 147. The first-order valence-corrected chi connectivity index (χ1v) is 4.13. The molecule has 0 atom stereocenters. The van der Waals surface area contributed by atoms with Crippen molar-refractivity contribution in [2.24, 2.45) is 11.8 Å². The van der Waals surface area contributed by atoms with Crippen molar-refractivity contribution in [3.05, 3.63) is 0 Å². The molecule has 0 N–H and O–H groups in total. The van der Waals surface area contributed by atoms with Gasteiger partial charge in [0.2, 0.25) is 0 Å². The van der Waals surface area contributed by atoms with Crippen molar-refractivity contribution >= 4 is 0 Å². The predicted octanol–water partition coefficient (Wildman–Crippen LogP) is 2.96. The zero-order valence-electron chi connectivity index (χ0n) is 7.19. The molecule has 0 aromatic carbocycles. The molecule has 0 spiro atoms. The van der Waals surface area contributed by atoms with Crippen LogP contribution in [0.3, 0.4) is 0 Å². The third-order valence-corrected chi connectivity index (χ3v) is 2.37. The van der Waals surface area contributed by atoms with Crippen molar-refractivity contribution in [3.8, 4) is 0 Å². The standard InChI is InChI=1S/C8H13F3O/c1-5(2)6-3-7(4-6)12-8(9,10)11/h5-7H,3-4H2,1-2H3. The molecule has 1 saturated carbocycles. The van der Waals surface area contributed by atoms with Crippen LogP contribution in [0.2, 0.25) is 0 Å². The van der Waals surface area contributed by atoms with Crippen molar-refractivity contribution < 1.29 is 17.9 Å². The zero-order chi connectivity index (χ0) is 9.35. The smallest absolute Gasteiger partial charge is 0.289 e. The molecule has 1 fully saturated rings. The maximum atomic E-state index is 11.6. The van der Waals surface area contributed by atoms with Crippen LogP contribution in [-0.2, 0) is 4.74 Å². The molecule has 4 heteroatoms. The highest BCUT2D eigenvalue weighted by Gasteiger charge is 2.40. The molecule has 0 heterocycles. The van der Waals surface area contributed by atoms with Gasteiger partial charge in [-0.3, -0.25) is 4.74 Å². The fraction of sp³-hybridized carbons (Fsp3) is 1.00. The minimum Gasteiger partial charge on any atom is -0.289 e. The summed E-state index contributed by atoms with van der Waals surface area (Å²) in [6.07, 6.45) is -3.93. The maximum absolute atomic E-state index is 11.6. The highest BCUT2D eigenvalue weighted by Crippen LogP contribution is 2.38. The van der Waals surface area contributed by atoms with E-state index in [4.69, 9.17) is 0 Å². The minimum absolute atomic E-state index is 0.414. The Labute approximate surface area is 69.9 Å². The van der Waals surface area contributed by atoms with Gasteiger partial charge in [0, 0.05) is 0 Å². The summed E-state index contributed by atoms with van der Waals surface area (Å²) in [6.45, 7) is 4.04. The van der Waals surface area contributed by atoms with E-state index in [0.29, 0.717) is 24.7 Å². The highest BCUT2D eigenvalue weighted by atomic mass is 19.4. The fourth-order valence-corrected chi connectivity index (χ4v) is 1.44. The lowest BCUT2D eigenvalue weighted by Crippen LogP contribution is -2.37. The molecule has 0 unspecified atom stereocenters. The van der Waals surface area contributed by atoms with Crippen molar-refractivity contribution in [2.45, 2.75) is 39.2 Å². The molecule has 1 nitrogen and oxygen atoms in total. The Morgan fingerprint density at radius 3 is 2.08 bits per heavy atom. The Balaban J connectivity index is 2.18. The Morgan fingerprint density at radius 2 is 1.75 bits per heavy atom. The second-order valence-electron chi connectivity index (χ2n) is 3.66. The lowest BCUT2D eigenvalue weighted by Gasteiger charge is -2.37. The van der Waals surface area contributed by atoms with Gasteiger partial charge in [0.1, 0.15) is 0 Å². The van der Waals surface area contributed by atoms with E-state index in [9.17, 15) is 13.2 Å². The van der Waals surface area contributed by atoms with E-state index in [0.717, 1.165) is 0 Å². The molecule has 0 aromatic rings. The molecule has 1 aliphatic carbocycles. The van der Waals surface area contributed by atoms with Gasteiger partial charge >= 0.3 is 6.36 Å². The van der Waals surface area contributed by atoms with Crippen LogP contribution in [-0.4, -0.2) is 12.5 Å². The molecule has 0 saturated heterocycles. The van der Waals surface area contributed by atoms with Crippen LogP contribution < -0.4 is 0 Å². The molecule has 0 amide bonds. The Hall–Kier alpha value is -0.250. The van der Waals surface area contributed by atoms with Crippen LogP contribution in [0.1, 0.15) is 26.7 Å². The average molecular weight is 182 g/mol. The van der Waals surface area contributed by atoms with Crippen LogP contribution in [0, 0.1) is 11.8 Å². The largest absolute Gasteiger partial charge is 0.522 e. The molecule has 0 aliphatic heterocycles. The van der Waals surface area contributed by atoms with Crippen LogP contribution in [0.5, 0.6) is 0 Å². The van der Waals surface area contributed by atoms with Crippen molar-refractivity contribution in [1.29, 1.82) is 0 Å². The quantitative estimate of drug-likeness (QED) is 0.638. The van der Waals surface area contributed by atoms with Gasteiger partial charge in [0.25, 0.3) is 0 Å². The van der Waals surface area contributed by atoms with Crippen LogP contribution in [0.4, 0.5) is 13.2 Å². The summed E-state index contributed by atoms with van der Waals surface area (Å²) in [5.41, 5.74) is 0. The molecule has 0 aromatic heterocycles. The van der Waals surface area contributed by atoms with E-state index in [-0.39, 0.29) is 0 Å². The van der Waals surface area contributed by atoms with Gasteiger partial charge in [-0.05, 0) is 24.7 Å². The molecule has 1 aliphatic rings. The molecule has 72 valence electrons. The number of rotatable bonds is 2. The van der Waals surface area contributed by atoms with Crippen molar-refractivity contribution in [2.75, 3.05) is 0 Å². The van der Waals surface area contributed by atoms with Crippen molar-refractivity contribution in [1.82, 2.24) is 0 Å². The maximum Gasteiger partial charge on any atom is 0.522 e. The number of hydrogen-bond acceptors (Lipinski definition) is 1. The van der Waals surface area contributed by atoms with E-state index in [2.05, 4.69) is 4.74 Å². The van der Waals surface area contributed by atoms with E-state index in [1.807, 2.05) is 13.8 Å². The summed E-state index contributed by atoms with van der Waals surface area (Å²) < 4.78 is 38.8. The number of halogens is 3. The molecule has 1 rings (SSSR count). The number of ether oxygens (including phenoxy) is 1. The second-order valence-corrected chi connectivity index (χ2v) is 3.66. The van der Waals surface area contributed by atoms with Crippen molar-refractivity contribution in [3.63, 3.8) is 0 Å². The Kier molecular flexibility index (Phi) is 2.66. The topological polar surface area (TPSA) is 9.23 Å². The van der Waals surface area contributed by atoms with Gasteiger partial charge in [-0.1, -0.05) is 13.8 Å². The SMILES string of the molecule is CC(C)C1CC(OC(F)(F)F)C1. The zero-order valence-corrected chi connectivity index (χ0v) is 7.19. The third kappa shape index (κ3) is 2.66. The van der Waals surface area contributed by atoms with Gasteiger partial charge in [0.15, 0.2) is 0 Å². The van der Waals surface area contributed by atoms with E-state index in [1.54, 1.807) is 0 Å². The normalized spacial score (nSPS) is 30.5. The van der Waals surface area contributed by atoms with Gasteiger partial charge < -0.3 is 0 Å². The van der Waals surface area contributed by atoms with Crippen LogP contribution >= 0.6 is 0 Å². The first-order chi connectivity index (χ1) is 5.38. The molecule has 12 heavy (non-hydrogen) atoms. The summed E-state index contributed by atoms with van der Waals surface area (Å²) in [5.74, 6) is 0.885. The summed E-state index contributed by atoms with van der Waals surface area (Å²) in [6, 6.07) is 0. The lowest BCUT2D eigenvalue weighted by atomic mass is 9.75. The van der Waals surface area contributed by atoms with Gasteiger partial charge in [-0.25, -0.2) is 0 Å². The number of alkyl halides is 3. The lowest BCUT2D eigenvalue weighted by molar-refractivity contribution is -0.355. The van der Waals surface area contributed by atoms with Crippen LogP contribution in [0.15, 0.2) is 0 Å². The van der Waals surface area contributed by atoms with E-state index < -0.39 is 12.5 Å². The fourth-order valence-electron chi connectivity index (χ4n) is 1.44. The van der Waals surface area contributed by atoms with E-state index >= 15 is 0 Å². The third-order valence-electron chi connectivity index (χ3n) is 2.37. The average Bonchev–Trinajstić information content (AvgIpc) is 1.74. The monoisotopic (exact) mass is 182 g/mol. The van der Waals surface area contributed by atoms with Gasteiger partial charge in [0.05, 0.1) is 6.10 Å². The summed E-state index contributed by atoms with van der Waals surface area (Å²) in [7, 11) is 0. The predicted molar refractivity (Wildman–Crippen MR) is 38.5 cm³/mol. The molecule has 0 bridgehead atoms. The minimum atomic E-state index is -4.45. The first kappa shape index (κ1) is 9.84. The first-order valence-electron chi connectivity index (χ1n) is 4.13. The summed E-state index contributed by atoms with van der Waals surface area (Å²) in [5, 5.41) is 0. The summed E-state index contributed by atoms with van der Waals surface area (Å²) in [4.78, 5) is 0. The molecular weight excluding hydrogens is 169 g/mol.